The van der Waals surface area contributed by atoms with Gasteiger partial charge in [-0.1, -0.05) is 6.07 Å². The van der Waals surface area contributed by atoms with Gasteiger partial charge in [-0.3, -0.25) is 24.0 Å². The van der Waals surface area contributed by atoms with E-state index in [1.807, 2.05) is 0 Å². The van der Waals surface area contributed by atoms with E-state index in [1.165, 1.54) is 18.1 Å². The fourth-order valence-corrected chi connectivity index (χ4v) is 8.88. The maximum atomic E-state index is 14.8. The van der Waals surface area contributed by atoms with Crippen molar-refractivity contribution in [2.24, 2.45) is 5.92 Å². The molecule has 53 heavy (non-hydrogen) atoms. The molecule has 2 saturated heterocycles. The van der Waals surface area contributed by atoms with Crippen LogP contribution in [0.25, 0.3) is 0 Å². The highest BCUT2D eigenvalue weighted by molar-refractivity contribution is 6.31. The van der Waals surface area contributed by atoms with Gasteiger partial charge in [0.2, 0.25) is 17.3 Å². The fourth-order valence-electron chi connectivity index (χ4n) is 8.88. The molecule has 5 aliphatic rings. The Labute approximate surface area is 302 Å². The number of aliphatic hydroxyl groups is 4. The smallest absolute Gasteiger partial charge is 0.257 e. The van der Waals surface area contributed by atoms with E-state index in [0.717, 1.165) is 32.1 Å². The summed E-state index contributed by atoms with van der Waals surface area (Å²) in [5.41, 5.74) is -9.60. The average Bonchev–Trinajstić information content (AvgIpc) is 3.65. The number of phenolic OH excluding ortho intramolecular Hbond substituents is 2. The van der Waals surface area contributed by atoms with Crippen molar-refractivity contribution < 1.29 is 68.8 Å². The topological polar surface area (TPSA) is 250 Å². The van der Waals surface area contributed by atoms with Crippen LogP contribution >= 0.6 is 0 Å². The zero-order chi connectivity index (χ0) is 38.5. The van der Waals surface area contributed by atoms with E-state index in [0.29, 0.717) is 18.7 Å². The van der Waals surface area contributed by atoms with Crippen LogP contribution in [-0.4, -0.2) is 135 Å². The summed E-state index contributed by atoms with van der Waals surface area (Å²) in [6.07, 6.45) is -4.06. The number of hydrogen-bond acceptors (Lipinski definition) is 15. The van der Waals surface area contributed by atoms with Crippen LogP contribution in [0.2, 0.25) is 0 Å². The number of methoxy groups -OCH3 is 2. The minimum absolute atomic E-state index is 0.0474. The van der Waals surface area contributed by atoms with E-state index in [9.17, 15) is 54.6 Å². The van der Waals surface area contributed by atoms with E-state index >= 15 is 0 Å². The number of Topliss-reactive ketones (excluding diaryl/α,β-unsaturated/α-hetero) is 3. The van der Waals surface area contributed by atoms with Crippen molar-refractivity contribution in [3.05, 3.63) is 68.4 Å². The van der Waals surface area contributed by atoms with E-state index in [-0.39, 0.29) is 11.1 Å². The number of aliphatic hydroxyl groups excluding tert-OH is 3. The van der Waals surface area contributed by atoms with Crippen LogP contribution < -0.4 is 5.32 Å². The quantitative estimate of drug-likeness (QED) is 0.203. The molecule has 0 radical (unpaired) electrons. The predicted molar refractivity (Wildman–Crippen MR) is 180 cm³/mol. The molecule has 2 aromatic carbocycles. The molecule has 0 spiro atoms. The lowest BCUT2D eigenvalue weighted by molar-refractivity contribution is -0.214. The Morgan fingerprint density at radius 2 is 1.70 bits per heavy atom. The molecular weight excluding hydrogens is 696 g/mol. The molecule has 2 aliphatic heterocycles. The van der Waals surface area contributed by atoms with Crippen molar-refractivity contribution in [3.8, 4) is 11.5 Å². The van der Waals surface area contributed by atoms with Crippen molar-refractivity contribution in [1.82, 2.24) is 10.2 Å². The Morgan fingerprint density at radius 3 is 2.32 bits per heavy atom. The number of aromatic hydroxyl groups is 2. The standard InChI is InChI=1S/C37H40N2O14/c1-14-9-16-10-22(42)37(52-4)33(48)25-18(32(47)36(37,50)26(16)30(46)23(14)35(49)39-7-5-6-8-39)11-17-24(29(25)45)21(41)12-20(27(17)43)38-34-19(13-40)28(44)31(51-3)15(2)53-34/h9,11-12,15,19,22,28,31,34,38,40,42,44-46,50H,5-8,10,13H2,1-4H3/t15-,19+,22+,28-,31-,34?,36-,37+/m0/s1. The Balaban J connectivity index is 1.36. The predicted octanol–water partition coefficient (Wildman–Crippen LogP) is -0.207. The van der Waals surface area contributed by atoms with Gasteiger partial charge in [-0.15, -0.1) is 0 Å². The van der Waals surface area contributed by atoms with E-state index in [2.05, 4.69) is 5.32 Å². The highest BCUT2D eigenvalue weighted by atomic mass is 16.6. The molecule has 16 nitrogen and oxygen atoms in total. The molecule has 7 rings (SSSR count). The van der Waals surface area contributed by atoms with Gasteiger partial charge in [-0.2, -0.15) is 0 Å². The number of ether oxygens (including phenoxy) is 3. The van der Waals surface area contributed by atoms with Crippen LogP contribution in [0, 0.1) is 12.8 Å². The molecule has 1 amide bonds. The van der Waals surface area contributed by atoms with Gasteiger partial charge >= 0.3 is 0 Å². The summed E-state index contributed by atoms with van der Waals surface area (Å²) in [6.45, 7) is 3.36. The number of aryl methyl sites for hydroxylation is 1. The Hall–Kier alpha value is -4.55. The average molecular weight is 737 g/mol. The minimum Gasteiger partial charge on any atom is -0.507 e. The SMILES string of the molecule is CO[C@@H]1[C@@H](O)[C@@H](CO)C(NC2=CC(=O)c3c(cc4c(c3O)C(=O)[C@]3(OC)[C@H](O)Cc5cc(C)c(C(=O)N6CCCC6)c(O)c5[C@]3(O)C4=O)C2=O)O[C@H]1C. The largest absolute Gasteiger partial charge is 0.507 e. The minimum atomic E-state index is -3.20. The number of benzene rings is 2. The third-order valence-electron chi connectivity index (χ3n) is 11.5. The van der Waals surface area contributed by atoms with Crippen molar-refractivity contribution in [2.45, 2.75) is 75.0 Å². The van der Waals surface area contributed by atoms with Crippen LogP contribution in [0.1, 0.15) is 88.2 Å². The molecule has 8 atom stereocenters. The molecule has 2 aromatic rings. The van der Waals surface area contributed by atoms with Gasteiger partial charge in [0.25, 0.3) is 5.91 Å². The number of ketones is 4. The summed E-state index contributed by atoms with van der Waals surface area (Å²) in [4.78, 5) is 72.1. The number of allylic oxidation sites excluding steroid dienone is 2. The maximum absolute atomic E-state index is 14.8. The lowest BCUT2D eigenvalue weighted by Gasteiger charge is -2.53. The normalized spacial score (nSPS) is 32.2. The molecule has 1 unspecified atom stereocenters. The van der Waals surface area contributed by atoms with Crippen molar-refractivity contribution in [1.29, 1.82) is 0 Å². The number of nitrogens with zero attached hydrogens (tertiary/aromatic N) is 1. The molecule has 2 fully saturated rings. The number of carbonyl (C=O) groups excluding carboxylic acids is 5. The Bertz CT molecular complexity index is 2020. The molecule has 0 bridgehead atoms. The fraction of sp³-hybridized carbons (Fsp3) is 0.486. The Morgan fingerprint density at radius 1 is 1.02 bits per heavy atom. The van der Waals surface area contributed by atoms with E-state index < -0.39 is 135 Å². The van der Waals surface area contributed by atoms with Gasteiger partial charge in [0.15, 0.2) is 17.0 Å². The van der Waals surface area contributed by atoms with E-state index in [1.54, 1.807) is 13.8 Å². The number of likely N-dealkylation sites (tertiary alicyclic amines) is 1. The van der Waals surface area contributed by atoms with Gasteiger partial charge in [-0.25, -0.2) is 0 Å². The van der Waals surface area contributed by atoms with Crippen molar-refractivity contribution in [3.63, 3.8) is 0 Å². The molecule has 2 heterocycles. The lowest BCUT2D eigenvalue weighted by atomic mass is 9.56. The zero-order valence-corrected chi connectivity index (χ0v) is 29.3. The third kappa shape index (κ3) is 4.83. The summed E-state index contributed by atoms with van der Waals surface area (Å²) in [5.74, 6) is -8.06. The van der Waals surface area contributed by atoms with Gasteiger partial charge in [0, 0.05) is 56.5 Å². The highest BCUT2D eigenvalue weighted by Crippen LogP contribution is 2.56. The van der Waals surface area contributed by atoms with Gasteiger partial charge in [0.1, 0.15) is 23.8 Å². The summed E-state index contributed by atoms with van der Waals surface area (Å²) < 4.78 is 16.7. The summed E-state index contributed by atoms with van der Waals surface area (Å²) >= 11 is 0. The first kappa shape index (κ1) is 36.8. The number of amides is 1. The van der Waals surface area contributed by atoms with Gasteiger partial charge in [-0.05, 0) is 43.9 Å². The first-order chi connectivity index (χ1) is 25.1. The lowest BCUT2D eigenvalue weighted by Crippen LogP contribution is -2.73. The van der Waals surface area contributed by atoms with Crippen LogP contribution in [0.15, 0.2) is 23.9 Å². The van der Waals surface area contributed by atoms with E-state index in [4.69, 9.17) is 14.2 Å². The maximum Gasteiger partial charge on any atom is 0.257 e. The second-order valence-electron chi connectivity index (χ2n) is 14.2. The number of fused-ring (bicyclic) bond motifs is 5. The summed E-state index contributed by atoms with van der Waals surface area (Å²) in [6, 6.07) is 2.30. The van der Waals surface area contributed by atoms with Crippen LogP contribution in [0.4, 0.5) is 0 Å². The number of nitrogens with one attached hydrogen (secondary N) is 1. The number of hydrogen-bond donors (Lipinski definition) is 7. The van der Waals surface area contributed by atoms with Gasteiger partial charge < -0.3 is 55.1 Å². The summed E-state index contributed by atoms with van der Waals surface area (Å²) in [5, 5.41) is 71.1. The summed E-state index contributed by atoms with van der Waals surface area (Å²) in [7, 11) is 2.30. The molecular formula is C37H40N2O14. The van der Waals surface area contributed by atoms with Crippen LogP contribution in [-0.2, 0) is 26.2 Å². The Kier molecular flexibility index (Phi) is 8.88. The molecule has 7 N–H and O–H groups in total. The molecule has 282 valence electrons. The number of rotatable bonds is 6. The van der Waals surface area contributed by atoms with Crippen molar-refractivity contribution in [2.75, 3.05) is 33.9 Å². The molecule has 16 heteroatoms. The highest BCUT2D eigenvalue weighted by Gasteiger charge is 2.72. The van der Waals surface area contributed by atoms with Gasteiger partial charge in [0.05, 0.1) is 53.2 Å². The molecule has 0 saturated carbocycles. The van der Waals surface area contributed by atoms with Crippen LogP contribution in [0.5, 0.6) is 11.5 Å². The number of carbonyl (C=O) groups is 5. The van der Waals surface area contributed by atoms with Crippen LogP contribution in [0.3, 0.4) is 0 Å². The third-order valence-corrected chi connectivity index (χ3v) is 11.5. The van der Waals surface area contributed by atoms with Crippen molar-refractivity contribution >= 4 is 29.0 Å². The number of phenols is 2. The molecule has 0 aromatic heterocycles. The molecule has 3 aliphatic carbocycles. The first-order valence-corrected chi connectivity index (χ1v) is 17.2. The second-order valence-corrected chi connectivity index (χ2v) is 14.2. The first-order valence-electron chi connectivity index (χ1n) is 17.2. The second kappa shape index (κ2) is 12.8. The zero-order valence-electron chi connectivity index (χ0n) is 29.3. The monoisotopic (exact) mass is 736 g/mol.